The maximum atomic E-state index is 12.5. The quantitative estimate of drug-likeness (QED) is 0.822. The number of benzene rings is 1. The number of nitrogens with zero attached hydrogens (tertiary/aromatic N) is 1. The normalized spacial score (nSPS) is 10.5. The van der Waals surface area contributed by atoms with Gasteiger partial charge in [0.1, 0.15) is 5.69 Å². The molecule has 0 atom stereocenters. The first-order valence-electron chi connectivity index (χ1n) is 5.68. The Balaban J connectivity index is 2.47. The van der Waals surface area contributed by atoms with E-state index < -0.39 is 0 Å². The molecule has 0 bridgehead atoms. The molecule has 3 nitrogen and oxygen atoms in total. The third-order valence-electron chi connectivity index (χ3n) is 2.65. The van der Waals surface area contributed by atoms with Gasteiger partial charge in [0.15, 0.2) is 0 Å². The van der Waals surface area contributed by atoms with Crippen molar-refractivity contribution >= 4 is 37.6 Å². The molecule has 0 amide bonds. The molecular weight excluding hydrogens is 374 g/mol. The van der Waals surface area contributed by atoms with Crippen molar-refractivity contribution in [3.8, 4) is 0 Å². The minimum atomic E-state index is -0.150. The van der Waals surface area contributed by atoms with Crippen LogP contribution in [0.1, 0.15) is 21.6 Å². The molecule has 0 spiro atoms. The lowest BCUT2D eigenvalue weighted by atomic mass is 10.0. The van der Waals surface area contributed by atoms with Gasteiger partial charge in [0.2, 0.25) is 5.78 Å². The minimum absolute atomic E-state index is 0.0195. The molecule has 5 heteroatoms. The van der Waals surface area contributed by atoms with Crippen LogP contribution in [0.25, 0.3) is 0 Å². The van der Waals surface area contributed by atoms with E-state index in [-0.39, 0.29) is 12.4 Å². The van der Waals surface area contributed by atoms with E-state index in [1.165, 1.54) is 0 Å². The zero-order valence-electron chi connectivity index (χ0n) is 9.94. The summed E-state index contributed by atoms with van der Waals surface area (Å²) in [6.07, 6.45) is 1.99. The Morgan fingerprint density at radius 3 is 2.68 bits per heavy atom. The number of hydrogen-bond donors (Lipinski definition) is 1. The molecule has 19 heavy (non-hydrogen) atoms. The van der Waals surface area contributed by atoms with Crippen molar-refractivity contribution in [2.75, 3.05) is 6.61 Å². The summed E-state index contributed by atoms with van der Waals surface area (Å²) in [5.41, 5.74) is 1.68. The van der Waals surface area contributed by atoms with Crippen LogP contribution in [0.3, 0.4) is 0 Å². The number of rotatable bonds is 4. The number of ketones is 1. The highest BCUT2D eigenvalue weighted by Crippen LogP contribution is 2.22. The number of halogens is 2. The summed E-state index contributed by atoms with van der Waals surface area (Å²) >= 11 is 6.69. The third-order valence-corrected chi connectivity index (χ3v) is 3.77. The average Bonchev–Trinajstić information content (AvgIpc) is 2.39. The highest BCUT2D eigenvalue weighted by molar-refractivity contribution is 9.10. The third kappa shape index (κ3) is 3.29. The Kier molecular flexibility index (Phi) is 4.85. The standard InChI is InChI=1S/C14H11Br2NO2/c15-10-7-9(5-6-18)13(17-8-10)14(19)11-3-1-2-4-12(11)16/h1-4,7-8,18H,5-6H2. The molecule has 1 N–H and O–H groups in total. The van der Waals surface area contributed by atoms with Crippen LogP contribution in [0, 0.1) is 0 Å². The second-order valence-corrected chi connectivity index (χ2v) is 5.71. The number of hydrogen-bond acceptors (Lipinski definition) is 3. The number of aliphatic hydroxyl groups is 1. The van der Waals surface area contributed by atoms with E-state index >= 15 is 0 Å². The van der Waals surface area contributed by atoms with Gasteiger partial charge in [-0.05, 0) is 46.1 Å². The highest BCUT2D eigenvalue weighted by atomic mass is 79.9. The molecule has 1 aromatic heterocycles. The molecule has 2 rings (SSSR count). The van der Waals surface area contributed by atoms with Crippen molar-refractivity contribution in [1.82, 2.24) is 4.98 Å². The summed E-state index contributed by atoms with van der Waals surface area (Å²) < 4.78 is 1.53. The zero-order valence-corrected chi connectivity index (χ0v) is 13.1. The number of aliphatic hydroxyl groups excluding tert-OH is 1. The number of carbonyl (C=O) groups is 1. The van der Waals surface area contributed by atoms with Gasteiger partial charge in [0.05, 0.1) is 0 Å². The smallest absolute Gasteiger partial charge is 0.212 e. The first-order chi connectivity index (χ1) is 9.13. The molecule has 0 aliphatic rings. The molecule has 0 unspecified atom stereocenters. The Hall–Kier alpha value is -1.04. The molecule has 0 radical (unpaired) electrons. The Labute approximate surface area is 127 Å². The van der Waals surface area contributed by atoms with Crippen molar-refractivity contribution in [2.45, 2.75) is 6.42 Å². The first-order valence-corrected chi connectivity index (χ1v) is 7.26. The minimum Gasteiger partial charge on any atom is -0.396 e. The van der Waals surface area contributed by atoms with Crippen LogP contribution >= 0.6 is 31.9 Å². The van der Waals surface area contributed by atoms with Gasteiger partial charge in [0.25, 0.3) is 0 Å². The van der Waals surface area contributed by atoms with E-state index in [2.05, 4.69) is 36.8 Å². The predicted octanol–water partition coefficient (Wildman–Crippen LogP) is 3.37. The Morgan fingerprint density at radius 1 is 1.26 bits per heavy atom. The van der Waals surface area contributed by atoms with Gasteiger partial charge in [-0.3, -0.25) is 9.78 Å². The fourth-order valence-corrected chi connectivity index (χ4v) is 2.61. The molecule has 0 saturated heterocycles. The predicted molar refractivity (Wildman–Crippen MR) is 80.3 cm³/mol. The SMILES string of the molecule is O=C(c1ccccc1Br)c1ncc(Br)cc1CCO. The summed E-state index contributed by atoms with van der Waals surface area (Å²) in [7, 11) is 0. The summed E-state index contributed by atoms with van der Waals surface area (Å²) in [6.45, 7) is -0.0195. The van der Waals surface area contributed by atoms with Crippen molar-refractivity contribution in [2.24, 2.45) is 0 Å². The lowest BCUT2D eigenvalue weighted by Gasteiger charge is -2.08. The number of carbonyl (C=O) groups excluding carboxylic acids is 1. The monoisotopic (exact) mass is 383 g/mol. The molecular formula is C14H11Br2NO2. The van der Waals surface area contributed by atoms with Crippen LogP contribution in [-0.4, -0.2) is 22.5 Å². The largest absolute Gasteiger partial charge is 0.396 e. The summed E-state index contributed by atoms with van der Waals surface area (Å²) in [5, 5.41) is 9.08. The lowest BCUT2D eigenvalue weighted by molar-refractivity contribution is 0.103. The Bertz CT molecular complexity index is 614. The van der Waals surface area contributed by atoms with Crippen molar-refractivity contribution < 1.29 is 9.90 Å². The van der Waals surface area contributed by atoms with E-state index in [4.69, 9.17) is 5.11 Å². The second-order valence-electron chi connectivity index (χ2n) is 3.94. The van der Waals surface area contributed by atoms with Crippen molar-refractivity contribution in [3.63, 3.8) is 0 Å². The van der Waals surface area contributed by atoms with Crippen LogP contribution in [0.15, 0.2) is 45.5 Å². The van der Waals surface area contributed by atoms with E-state index in [1.807, 2.05) is 24.3 Å². The fourth-order valence-electron chi connectivity index (χ4n) is 1.77. The van der Waals surface area contributed by atoms with Gasteiger partial charge in [-0.15, -0.1) is 0 Å². The Morgan fingerprint density at radius 2 is 2.00 bits per heavy atom. The summed E-state index contributed by atoms with van der Waals surface area (Å²) in [6, 6.07) is 9.04. The van der Waals surface area contributed by atoms with Crippen LogP contribution in [-0.2, 0) is 6.42 Å². The van der Waals surface area contributed by atoms with Crippen LogP contribution < -0.4 is 0 Å². The van der Waals surface area contributed by atoms with E-state index in [0.717, 1.165) is 14.5 Å². The molecule has 0 saturated carbocycles. The van der Waals surface area contributed by atoms with Crippen LogP contribution in [0.2, 0.25) is 0 Å². The molecule has 0 aliphatic heterocycles. The molecule has 0 aliphatic carbocycles. The number of pyridine rings is 1. The van der Waals surface area contributed by atoms with Gasteiger partial charge in [-0.2, -0.15) is 0 Å². The maximum absolute atomic E-state index is 12.5. The van der Waals surface area contributed by atoms with E-state index in [9.17, 15) is 4.79 Å². The molecule has 0 fully saturated rings. The average molecular weight is 385 g/mol. The van der Waals surface area contributed by atoms with Gasteiger partial charge < -0.3 is 5.11 Å². The van der Waals surface area contributed by atoms with Gasteiger partial charge >= 0.3 is 0 Å². The molecule has 2 aromatic rings. The van der Waals surface area contributed by atoms with Crippen LogP contribution in [0.5, 0.6) is 0 Å². The van der Waals surface area contributed by atoms with Crippen molar-refractivity contribution in [3.05, 3.63) is 62.3 Å². The second kappa shape index (κ2) is 6.41. The first kappa shape index (κ1) is 14.4. The fraction of sp³-hybridized carbons (Fsp3) is 0.143. The van der Waals surface area contributed by atoms with Gasteiger partial charge in [-0.1, -0.05) is 28.1 Å². The highest BCUT2D eigenvalue weighted by Gasteiger charge is 2.17. The molecule has 98 valence electrons. The summed E-state index contributed by atoms with van der Waals surface area (Å²) in [4.78, 5) is 16.7. The maximum Gasteiger partial charge on any atom is 0.212 e. The zero-order chi connectivity index (χ0) is 13.8. The van der Waals surface area contributed by atoms with E-state index in [1.54, 1.807) is 12.3 Å². The summed E-state index contributed by atoms with van der Waals surface area (Å²) in [5.74, 6) is -0.150. The van der Waals surface area contributed by atoms with Crippen molar-refractivity contribution in [1.29, 1.82) is 0 Å². The number of aromatic nitrogens is 1. The molecule has 1 heterocycles. The van der Waals surface area contributed by atoms with Gasteiger partial charge in [-0.25, -0.2) is 0 Å². The lowest BCUT2D eigenvalue weighted by Crippen LogP contribution is -2.10. The van der Waals surface area contributed by atoms with Gasteiger partial charge in [0, 0.05) is 27.3 Å². The van der Waals surface area contributed by atoms with Crippen LogP contribution in [0.4, 0.5) is 0 Å². The van der Waals surface area contributed by atoms with E-state index in [0.29, 0.717) is 17.7 Å². The topological polar surface area (TPSA) is 50.2 Å². The molecule has 1 aromatic carbocycles.